The number of aryl methyl sites for hydroxylation is 1. The van der Waals surface area contributed by atoms with Crippen LogP contribution in [0.4, 0.5) is 0 Å². The van der Waals surface area contributed by atoms with Crippen molar-refractivity contribution in [3.8, 4) is 0 Å². The third-order valence-electron chi connectivity index (χ3n) is 3.40. The molecule has 1 N–H and O–H groups in total. The van der Waals surface area contributed by atoms with Gasteiger partial charge >= 0.3 is 0 Å². The first-order chi connectivity index (χ1) is 10.7. The van der Waals surface area contributed by atoms with Crippen LogP contribution in [0.2, 0.25) is 0 Å². The molecule has 0 atom stereocenters. The first kappa shape index (κ1) is 21.0. The van der Waals surface area contributed by atoms with E-state index >= 15 is 0 Å². The first-order valence-electron chi connectivity index (χ1n) is 7.96. The number of nitrogens with one attached hydrogen (secondary N) is 1. The van der Waals surface area contributed by atoms with Crippen LogP contribution in [-0.2, 0) is 55.6 Å². The third-order valence-corrected chi connectivity index (χ3v) is 3.40. The van der Waals surface area contributed by atoms with E-state index in [-0.39, 0.29) is 38.8 Å². The molecule has 0 aromatic carbocycles. The first-order valence-corrected chi connectivity index (χ1v) is 7.96. The molecule has 1 aliphatic heterocycles. The average Bonchev–Trinajstić information content (AvgIpc) is 2.54. The maximum absolute atomic E-state index is 4.87. The molecule has 0 bridgehead atoms. The second-order valence-electron chi connectivity index (χ2n) is 5.71. The van der Waals surface area contributed by atoms with Crippen molar-refractivity contribution in [3.63, 3.8) is 0 Å². The number of hydrogen-bond acceptors (Lipinski definition) is 6. The predicted octanol–water partition coefficient (Wildman–Crippen LogP) is 1.46. The smallest absolute Gasteiger partial charge is 0.109 e. The quantitative estimate of drug-likeness (QED) is 0.386. The molecule has 1 aromatic heterocycles. The molecule has 2 rings (SSSR count). The summed E-state index contributed by atoms with van der Waals surface area (Å²) in [7, 11) is 0. The molecule has 0 amide bonds. The van der Waals surface area contributed by atoms with E-state index in [0.29, 0.717) is 12.4 Å². The van der Waals surface area contributed by atoms with E-state index in [2.05, 4.69) is 25.7 Å². The minimum absolute atomic E-state index is 0. The second kappa shape index (κ2) is 12.4. The zero-order chi connectivity index (χ0) is 15.6. The van der Waals surface area contributed by atoms with Crippen molar-refractivity contribution in [2.45, 2.75) is 39.3 Å². The van der Waals surface area contributed by atoms with Gasteiger partial charge in [-0.05, 0) is 38.8 Å². The molecule has 23 heavy (non-hydrogen) atoms. The van der Waals surface area contributed by atoms with Gasteiger partial charge in [0.05, 0.1) is 6.10 Å². The predicted molar refractivity (Wildman–Crippen MR) is 84.0 cm³/mol. The Kier molecular flexibility index (Phi) is 11.3. The molecule has 0 unspecified atom stereocenters. The van der Waals surface area contributed by atoms with Crippen LogP contribution < -0.4 is 5.32 Å². The normalized spacial score (nSPS) is 15.6. The summed E-state index contributed by atoms with van der Waals surface area (Å²) < 4.78 is 0. The monoisotopic (exact) mass is 397 g/mol. The number of hydrogen-bond donors (Lipinski definition) is 1. The summed E-state index contributed by atoms with van der Waals surface area (Å²) in [5.74, 6) is 0.637. The fourth-order valence-corrected chi connectivity index (χ4v) is 2.23. The maximum Gasteiger partial charge on any atom is 0.109 e. The number of piperazine rings is 1. The zero-order valence-electron chi connectivity index (χ0n) is 14.1. The molecule has 1 radical (unpaired) electrons. The Morgan fingerprint density at radius 1 is 1.26 bits per heavy atom. The van der Waals surface area contributed by atoms with Crippen molar-refractivity contribution in [2.24, 2.45) is 0 Å². The Morgan fingerprint density at radius 2 is 1.96 bits per heavy atom. The van der Waals surface area contributed by atoms with Gasteiger partial charge in [-0.25, -0.2) is 9.97 Å². The van der Waals surface area contributed by atoms with Gasteiger partial charge in [0.25, 0.3) is 0 Å². The van der Waals surface area contributed by atoms with E-state index < -0.39 is 0 Å². The second-order valence-corrected chi connectivity index (χ2v) is 5.71. The van der Waals surface area contributed by atoms with Crippen molar-refractivity contribution in [3.05, 3.63) is 29.3 Å². The molecular weight excluding hydrogens is 371 g/mol. The molecule has 1 saturated heterocycles. The summed E-state index contributed by atoms with van der Waals surface area (Å²) in [4.78, 5) is 20.7. The molecule has 0 aliphatic carbocycles. The van der Waals surface area contributed by atoms with Crippen LogP contribution in [0, 0.1) is 0 Å². The minimum Gasteiger partial charge on any atom is -0.494 e. The van der Waals surface area contributed by atoms with Crippen LogP contribution in [0.15, 0.2) is 12.4 Å². The Balaban J connectivity index is 0.00000264. The van der Waals surface area contributed by atoms with Crippen molar-refractivity contribution >= 4 is 0 Å². The van der Waals surface area contributed by atoms with Crippen LogP contribution in [-0.4, -0.2) is 53.7 Å². The van der Waals surface area contributed by atoms with E-state index in [9.17, 15) is 0 Å². The molecule has 127 valence electrons. The molecule has 0 saturated carbocycles. The topological polar surface area (TPSA) is 73.6 Å². The van der Waals surface area contributed by atoms with Gasteiger partial charge < -0.3 is 20.7 Å². The van der Waals surface area contributed by atoms with Crippen molar-refractivity contribution in [1.82, 2.24) is 20.2 Å². The minimum atomic E-state index is -0.0114. The molecule has 2 heterocycles. The number of nitrogens with zero attached hydrogens (tertiary/aromatic N) is 4. The van der Waals surface area contributed by atoms with Crippen LogP contribution in [0.25, 0.3) is 5.48 Å². The molecule has 0 spiro atoms. The van der Waals surface area contributed by atoms with E-state index in [1.165, 1.54) is 5.56 Å². The Labute approximate surface area is 163 Å². The summed E-state index contributed by atoms with van der Waals surface area (Å²) in [5.41, 5.74) is 4.94. The number of aromatic nitrogens is 2. The third kappa shape index (κ3) is 9.15. The molecule has 1 fully saturated rings. The molecular formula is C15H26N5O2Y-. The van der Waals surface area contributed by atoms with Crippen molar-refractivity contribution < 1.29 is 42.6 Å². The SMILES string of the molecule is CC(C)OO[N-]Cc1ncc(CCCN2CCNCC2)cn1.[Y]. The summed E-state index contributed by atoms with van der Waals surface area (Å²) in [6.45, 7) is 9.69. The van der Waals surface area contributed by atoms with Gasteiger partial charge in [0.15, 0.2) is 0 Å². The summed E-state index contributed by atoms with van der Waals surface area (Å²) >= 11 is 0. The van der Waals surface area contributed by atoms with Gasteiger partial charge in [-0.15, -0.1) is 0 Å². The molecule has 1 aliphatic rings. The van der Waals surface area contributed by atoms with Gasteiger partial charge in [0.2, 0.25) is 0 Å². The zero-order valence-corrected chi connectivity index (χ0v) is 16.9. The van der Waals surface area contributed by atoms with E-state index in [1.807, 2.05) is 26.2 Å². The fraction of sp³-hybridized carbons (Fsp3) is 0.733. The van der Waals surface area contributed by atoms with Gasteiger partial charge in [0.1, 0.15) is 5.82 Å². The fourth-order valence-electron chi connectivity index (χ4n) is 2.23. The van der Waals surface area contributed by atoms with Gasteiger partial charge in [-0.1, -0.05) is 6.54 Å². The summed E-state index contributed by atoms with van der Waals surface area (Å²) in [6.07, 6.45) is 5.88. The molecule has 1 aromatic rings. The maximum atomic E-state index is 4.87. The van der Waals surface area contributed by atoms with Gasteiger partial charge in [-0.3, -0.25) is 4.89 Å². The summed E-state index contributed by atoms with van der Waals surface area (Å²) in [5, 5.41) is 3.37. The Bertz CT molecular complexity index is 413. The number of rotatable bonds is 9. The van der Waals surface area contributed by atoms with Crippen LogP contribution in [0.1, 0.15) is 31.7 Å². The average molecular weight is 397 g/mol. The van der Waals surface area contributed by atoms with Crippen molar-refractivity contribution in [1.29, 1.82) is 0 Å². The Hall–Kier alpha value is -0.0161. The molecule has 7 nitrogen and oxygen atoms in total. The number of hydroxylamine groups is 1. The van der Waals surface area contributed by atoms with E-state index in [1.54, 1.807) is 0 Å². The van der Waals surface area contributed by atoms with Gasteiger partial charge in [0, 0.05) is 71.3 Å². The van der Waals surface area contributed by atoms with E-state index in [0.717, 1.165) is 45.6 Å². The van der Waals surface area contributed by atoms with Gasteiger partial charge in [-0.2, -0.15) is 0 Å². The molecule has 8 heteroatoms. The summed E-state index contributed by atoms with van der Waals surface area (Å²) in [6, 6.07) is 0. The van der Waals surface area contributed by atoms with E-state index in [4.69, 9.17) is 9.88 Å². The Morgan fingerprint density at radius 3 is 2.61 bits per heavy atom. The standard InChI is InChI=1S/C15H26N5O2.Y/c1-13(2)21-22-19-12-15-17-10-14(11-18-15)4-3-7-20-8-5-16-6-9-20;/h10-11,13,16H,3-9,12H2,1-2H3;/q-1;. The largest absolute Gasteiger partial charge is 0.494 e. The van der Waals surface area contributed by atoms with Crippen LogP contribution in [0.3, 0.4) is 0 Å². The van der Waals surface area contributed by atoms with Crippen LogP contribution in [0.5, 0.6) is 0 Å². The van der Waals surface area contributed by atoms with Crippen molar-refractivity contribution in [2.75, 3.05) is 32.7 Å². The van der Waals surface area contributed by atoms with Crippen LogP contribution >= 0.6 is 0 Å².